The lowest BCUT2D eigenvalue weighted by molar-refractivity contribution is 0.476. The van der Waals surface area contributed by atoms with Crippen LogP contribution in [0.25, 0.3) is 0 Å². The molecule has 0 unspecified atom stereocenters. The number of allylic oxidation sites excluding steroid dienone is 3. The molecule has 5 rings (SSSR count). The summed E-state index contributed by atoms with van der Waals surface area (Å²) in [7, 11) is 0. The number of hydrogen-bond acceptors (Lipinski definition) is 5. The maximum Gasteiger partial charge on any atom is 0.151 e. The summed E-state index contributed by atoms with van der Waals surface area (Å²) in [5.74, 6) is 1.56. The Hall–Kier alpha value is -4.12. The van der Waals surface area contributed by atoms with Gasteiger partial charge in [0.25, 0.3) is 0 Å². The number of nitrogens with zero attached hydrogens (tertiary/aromatic N) is 1. The topological polar surface area (TPSA) is 86.2 Å². The summed E-state index contributed by atoms with van der Waals surface area (Å²) >= 11 is 0. The normalized spacial score (nSPS) is 14.1. The molecule has 1 aliphatic carbocycles. The predicted octanol–water partition coefficient (Wildman–Crippen LogP) is 5.69. The summed E-state index contributed by atoms with van der Waals surface area (Å²) in [5.41, 5.74) is 9.32. The first-order valence-electron chi connectivity index (χ1n) is 9.17. The number of nitrogens with one attached hydrogen (secondary N) is 2. The van der Waals surface area contributed by atoms with Gasteiger partial charge in [0.2, 0.25) is 0 Å². The van der Waals surface area contributed by atoms with Crippen LogP contribution in [0.4, 0.5) is 17.1 Å². The van der Waals surface area contributed by atoms with E-state index >= 15 is 0 Å². The molecule has 0 aromatic heterocycles. The Balaban J connectivity index is 0.000000249. The van der Waals surface area contributed by atoms with Gasteiger partial charge in [-0.2, -0.15) is 0 Å². The van der Waals surface area contributed by atoms with E-state index in [1.807, 2.05) is 84.9 Å². The number of nitrogen functional groups attached to an aromatic ring is 1. The molecule has 0 radical (unpaired) electrons. The van der Waals surface area contributed by atoms with E-state index in [0.717, 1.165) is 34.3 Å². The molecular formula is C24H20N4O. The van der Waals surface area contributed by atoms with Gasteiger partial charge in [-0.05, 0) is 54.6 Å². The number of ether oxygens (including phenoxy) is 1. The van der Waals surface area contributed by atoms with Crippen LogP contribution in [0, 0.1) is 10.8 Å². The van der Waals surface area contributed by atoms with Crippen LogP contribution in [0.2, 0.25) is 0 Å². The SMILES string of the molecule is N=C1C=CC(N2c3ccccc3Oc3ccccc32)=CC1=N.Nc1ccccc1. The first-order chi connectivity index (χ1) is 14.1. The highest BCUT2D eigenvalue weighted by Crippen LogP contribution is 2.48. The van der Waals surface area contributed by atoms with E-state index in [9.17, 15) is 0 Å². The van der Waals surface area contributed by atoms with Crippen LogP contribution in [-0.2, 0) is 0 Å². The number of para-hydroxylation sites is 5. The molecule has 4 N–H and O–H groups in total. The lowest BCUT2D eigenvalue weighted by atomic mass is 10.0. The Bertz CT molecular complexity index is 1090. The van der Waals surface area contributed by atoms with Crippen molar-refractivity contribution in [2.75, 3.05) is 10.6 Å². The van der Waals surface area contributed by atoms with Crippen molar-refractivity contribution in [3.63, 3.8) is 0 Å². The third kappa shape index (κ3) is 3.80. The Morgan fingerprint density at radius 3 is 1.72 bits per heavy atom. The average molecular weight is 380 g/mol. The fourth-order valence-corrected chi connectivity index (χ4v) is 3.11. The molecule has 0 amide bonds. The minimum atomic E-state index is 0.207. The van der Waals surface area contributed by atoms with Gasteiger partial charge in [0.1, 0.15) is 0 Å². The van der Waals surface area contributed by atoms with Crippen molar-refractivity contribution < 1.29 is 4.74 Å². The van der Waals surface area contributed by atoms with Gasteiger partial charge in [0, 0.05) is 11.4 Å². The molecule has 1 aliphatic heterocycles. The minimum absolute atomic E-state index is 0.207. The van der Waals surface area contributed by atoms with Gasteiger partial charge in [-0.3, -0.25) is 10.8 Å². The highest BCUT2D eigenvalue weighted by atomic mass is 16.5. The minimum Gasteiger partial charge on any atom is -0.453 e. The van der Waals surface area contributed by atoms with Crippen LogP contribution >= 0.6 is 0 Å². The molecule has 3 aromatic rings. The maximum atomic E-state index is 7.90. The highest BCUT2D eigenvalue weighted by molar-refractivity contribution is 6.49. The molecule has 0 atom stereocenters. The second kappa shape index (κ2) is 7.86. The smallest absolute Gasteiger partial charge is 0.151 e. The van der Waals surface area contributed by atoms with E-state index in [2.05, 4.69) is 4.90 Å². The molecule has 3 aromatic carbocycles. The van der Waals surface area contributed by atoms with Gasteiger partial charge in [0.15, 0.2) is 11.5 Å². The fraction of sp³-hybridized carbons (Fsp3) is 0. The van der Waals surface area contributed by atoms with Crippen LogP contribution in [-0.4, -0.2) is 11.4 Å². The van der Waals surface area contributed by atoms with Crippen molar-refractivity contribution >= 4 is 28.5 Å². The third-order valence-corrected chi connectivity index (χ3v) is 4.49. The zero-order valence-corrected chi connectivity index (χ0v) is 15.7. The zero-order chi connectivity index (χ0) is 20.2. The van der Waals surface area contributed by atoms with Crippen LogP contribution < -0.4 is 15.4 Å². The number of benzene rings is 3. The summed E-state index contributed by atoms with van der Waals surface area (Å²) in [4.78, 5) is 2.06. The molecule has 142 valence electrons. The fourth-order valence-electron chi connectivity index (χ4n) is 3.11. The third-order valence-electron chi connectivity index (χ3n) is 4.49. The molecular weight excluding hydrogens is 360 g/mol. The number of hydrogen-bond donors (Lipinski definition) is 3. The van der Waals surface area contributed by atoms with Crippen molar-refractivity contribution in [2.45, 2.75) is 0 Å². The van der Waals surface area contributed by atoms with E-state index < -0.39 is 0 Å². The average Bonchev–Trinajstić information content (AvgIpc) is 2.75. The molecule has 0 bridgehead atoms. The van der Waals surface area contributed by atoms with Crippen LogP contribution in [0.1, 0.15) is 0 Å². The van der Waals surface area contributed by atoms with Gasteiger partial charge in [-0.25, -0.2) is 0 Å². The molecule has 5 heteroatoms. The summed E-state index contributed by atoms with van der Waals surface area (Å²) < 4.78 is 5.96. The van der Waals surface area contributed by atoms with Crippen molar-refractivity contribution in [2.24, 2.45) is 0 Å². The number of nitrogens with two attached hydrogens (primary N) is 1. The number of rotatable bonds is 1. The standard InChI is InChI=1S/C18H13N3O.C6H7N/c19-13-10-9-12(11-14(13)20)21-15-5-1-3-7-17(15)22-18-8-4-2-6-16(18)21;7-6-4-2-1-3-5-6/h1-11,19-20H;1-5H,7H2. The monoisotopic (exact) mass is 380 g/mol. The summed E-state index contributed by atoms with van der Waals surface area (Å²) in [6.45, 7) is 0. The van der Waals surface area contributed by atoms with E-state index in [4.69, 9.17) is 21.3 Å². The van der Waals surface area contributed by atoms with E-state index in [0.29, 0.717) is 0 Å². The van der Waals surface area contributed by atoms with Crippen molar-refractivity contribution in [3.05, 3.63) is 103 Å². The summed E-state index contributed by atoms with van der Waals surface area (Å²) in [6, 6.07) is 25.1. The first-order valence-corrected chi connectivity index (χ1v) is 9.17. The Labute approximate surface area is 169 Å². The van der Waals surface area contributed by atoms with Crippen molar-refractivity contribution in [1.82, 2.24) is 0 Å². The van der Waals surface area contributed by atoms with E-state index in [1.54, 1.807) is 12.2 Å². The first kappa shape index (κ1) is 18.3. The molecule has 0 saturated heterocycles. The molecule has 29 heavy (non-hydrogen) atoms. The van der Waals surface area contributed by atoms with Crippen LogP contribution in [0.15, 0.2) is 103 Å². The predicted molar refractivity (Wildman–Crippen MR) is 119 cm³/mol. The lowest BCUT2D eigenvalue weighted by Gasteiger charge is -2.34. The summed E-state index contributed by atoms with van der Waals surface area (Å²) in [6.07, 6.45) is 5.22. The molecule has 0 fully saturated rings. The lowest BCUT2D eigenvalue weighted by Crippen LogP contribution is -2.23. The van der Waals surface area contributed by atoms with Gasteiger partial charge < -0.3 is 15.4 Å². The van der Waals surface area contributed by atoms with Crippen LogP contribution in [0.3, 0.4) is 0 Å². The second-order valence-electron chi connectivity index (χ2n) is 6.51. The van der Waals surface area contributed by atoms with Gasteiger partial charge in [-0.1, -0.05) is 42.5 Å². The molecule has 1 heterocycles. The zero-order valence-electron chi connectivity index (χ0n) is 15.7. The summed E-state index contributed by atoms with van der Waals surface area (Å²) in [5, 5.41) is 15.6. The molecule has 0 saturated carbocycles. The van der Waals surface area contributed by atoms with Gasteiger partial charge in [-0.15, -0.1) is 0 Å². The molecule has 5 nitrogen and oxygen atoms in total. The van der Waals surface area contributed by atoms with E-state index in [1.165, 1.54) is 0 Å². The van der Waals surface area contributed by atoms with E-state index in [-0.39, 0.29) is 11.4 Å². The molecule has 2 aliphatic rings. The maximum absolute atomic E-state index is 7.90. The van der Waals surface area contributed by atoms with Gasteiger partial charge in [0.05, 0.1) is 22.8 Å². The largest absolute Gasteiger partial charge is 0.453 e. The number of fused-ring (bicyclic) bond motifs is 2. The Morgan fingerprint density at radius 2 is 1.21 bits per heavy atom. The van der Waals surface area contributed by atoms with Crippen molar-refractivity contribution in [3.8, 4) is 11.5 Å². The van der Waals surface area contributed by atoms with Gasteiger partial charge >= 0.3 is 0 Å². The Morgan fingerprint density at radius 1 is 0.655 bits per heavy atom. The molecule has 0 spiro atoms. The van der Waals surface area contributed by atoms with Crippen molar-refractivity contribution in [1.29, 1.82) is 10.8 Å². The second-order valence-corrected chi connectivity index (χ2v) is 6.51. The number of anilines is 3. The van der Waals surface area contributed by atoms with Crippen LogP contribution in [0.5, 0.6) is 11.5 Å². The quantitative estimate of drug-likeness (QED) is 0.374. The highest BCUT2D eigenvalue weighted by Gasteiger charge is 2.26. The Kier molecular flexibility index (Phi) is 4.95.